The molecule has 0 radical (unpaired) electrons. The van der Waals surface area contributed by atoms with Crippen LogP contribution in [-0.2, 0) is 0 Å². The minimum Gasteiger partial charge on any atom is -0.355 e. The van der Waals surface area contributed by atoms with Crippen molar-refractivity contribution < 1.29 is 14.1 Å². The number of anilines is 2. The third-order valence-electron chi connectivity index (χ3n) is 4.15. The Labute approximate surface area is 166 Å². The number of pyridine rings is 1. The zero-order valence-electron chi connectivity index (χ0n) is 15.2. The van der Waals surface area contributed by atoms with E-state index >= 15 is 0 Å². The lowest BCUT2D eigenvalue weighted by atomic mass is 10.2. The van der Waals surface area contributed by atoms with E-state index in [1.54, 1.807) is 67.0 Å². The van der Waals surface area contributed by atoms with Crippen molar-refractivity contribution >= 4 is 23.2 Å². The first-order chi connectivity index (χ1) is 14.2. The number of carbonyl (C=O) groups is 2. The van der Waals surface area contributed by atoms with E-state index in [1.165, 1.54) is 6.07 Å². The number of aromatic nitrogens is 2. The Hall–Kier alpha value is -4.26. The molecule has 4 rings (SSSR count). The van der Waals surface area contributed by atoms with Gasteiger partial charge in [0.1, 0.15) is 0 Å². The minimum atomic E-state index is -0.453. The van der Waals surface area contributed by atoms with Gasteiger partial charge in [-0.2, -0.15) is 0 Å². The van der Waals surface area contributed by atoms with Crippen LogP contribution in [0.25, 0.3) is 11.3 Å². The highest BCUT2D eigenvalue weighted by Crippen LogP contribution is 2.24. The molecule has 142 valence electrons. The number of nitrogens with one attached hydrogen (secondary N) is 2. The van der Waals surface area contributed by atoms with E-state index in [9.17, 15) is 9.59 Å². The van der Waals surface area contributed by atoms with Gasteiger partial charge in [0.25, 0.3) is 11.8 Å². The highest BCUT2D eigenvalue weighted by Gasteiger charge is 2.16. The second kappa shape index (κ2) is 8.18. The molecule has 2 amide bonds. The van der Waals surface area contributed by atoms with Crippen molar-refractivity contribution in [2.75, 3.05) is 10.6 Å². The second-order valence-electron chi connectivity index (χ2n) is 6.14. The Morgan fingerprint density at radius 3 is 2.17 bits per heavy atom. The van der Waals surface area contributed by atoms with Crippen LogP contribution in [0.3, 0.4) is 0 Å². The number of para-hydroxylation sites is 2. The SMILES string of the molecule is O=C(Nc1ccccc1NC(=O)c1cc(-c2cccnc2)on1)c1ccccc1. The van der Waals surface area contributed by atoms with E-state index in [2.05, 4.69) is 20.8 Å². The van der Waals surface area contributed by atoms with Crippen LogP contribution in [0.15, 0.2) is 89.7 Å². The van der Waals surface area contributed by atoms with Crippen LogP contribution in [-0.4, -0.2) is 22.0 Å². The van der Waals surface area contributed by atoms with Crippen LogP contribution < -0.4 is 10.6 Å². The normalized spacial score (nSPS) is 10.3. The van der Waals surface area contributed by atoms with E-state index < -0.39 is 5.91 Å². The van der Waals surface area contributed by atoms with Crippen LogP contribution >= 0.6 is 0 Å². The third kappa shape index (κ3) is 4.19. The van der Waals surface area contributed by atoms with Gasteiger partial charge in [0.05, 0.1) is 11.4 Å². The third-order valence-corrected chi connectivity index (χ3v) is 4.15. The fourth-order valence-electron chi connectivity index (χ4n) is 2.70. The quantitative estimate of drug-likeness (QED) is 0.536. The summed E-state index contributed by atoms with van der Waals surface area (Å²) in [5.41, 5.74) is 2.28. The van der Waals surface area contributed by atoms with Crippen molar-refractivity contribution in [3.05, 3.63) is 96.4 Å². The molecule has 2 heterocycles. The number of carbonyl (C=O) groups excluding carboxylic acids is 2. The summed E-state index contributed by atoms with van der Waals surface area (Å²) in [6.07, 6.45) is 3.27. The zero-order chi connectivity index (χ0) is 20.1. The Morgan fingerprint density at radius 1 is 0.793 bits per heavy atom. The standard InChI is InChI=1S/C22H16N4O3/c27-21(15-7-2-1-3-8-15)24-17-10-4-5-11-18(17)25-22(28)19-13-20(29-26-19)16-9-6-12-23-14-16/h1-14H,(H,24,27)(H,25,28). The molecule has 29 heavy (non-hydrogen) atoms. The molecule has 0 aliphatic carbocycles. The smallest absolute Gasteiger partial charge is 0.277 e. The zero-order valence-corrected chi connectivity index (χ0v) is 15.2. The first-order valence-corrected chi connectivity index (χ1v) is 8.84. The molecule has 0 aliphatic heterocycles. The number of hydrogen-bond acceptors (Lipinski definition) is 5. The molecule has 0 aliphatic rings. The highest BCUT2D eigenvalue weighted by atomic mass is 16.5. The van der Waals surface area contributed by atoms with Gasteiger partial charge in [-0.1, -0.05) is 35.5 Å². The van der Waals surface area contributed by atoms with Crippen molar-refractivity contribution in [1.29, 1.82) is 0 Å². The van der Waals surface area contributed by atoms with Gasteiger partial charge < -0.3 is 15.2 Å². The predicted octanol–water partition coefficient (Wildman–Crippen LogP) is 4.24. The fraction of sp³-hybridized carbons (Fsp3) is 0. The summed E-state index contributed by atoms with van der Waals surface area (Å²) in [5, 5.41) is 9.39. The molecule has 0 fully saturated rings. The number of nitrogens with zero attached hydrogens (tertiary/aromatic N) is 2. The molecule has 2 aromatic heterocycles. The Morgan fingerprint density at radius 2 is 1.48 bits per heavy atom. The molecule has 7 nitrogen and oxygen atoms in total. The summed E-state index contributed by atoms with van der Waals surface area (Å²) >= 11 is 0. The van der Waals surface area contributed by atoms with E-state index in [4.69, 9.17) is 4.52 Å². The van der Waals surface area contributed by atoms with Gasteiger partial charge in [0, 0.05) is 29.6 Å². The number of amides is 2. The largest absolute Gasteiger partial charge is 0.355 e. The fourth-order valence-corrected chi connectivity index (χ4v) is 2.70. The number of hydrogen-bond donors (Lipinski definition) is 2. The van der Waals surface area contributed by atoms with Gasteiger partial charge in [-0.05, 0) is 36.4 Å². The van der Waals surface area contributed by atoms with Crippen LogP contribution in [0.2, 0.25) is 0 Å². The van der Waals surface area contributed by atoms with E-state index in [0.29, 0.717) is 22.7 Å². The summed E-state index contributed by atoms with van der Waals surface area (Å²) in [4.78, 5) is 29.0. The van der Waals surface area contributed by atoms with Gasteiger partial charge in [-0.3, -0.25) is 14.6 Å². The maximum atomic E-state index is 12.6. The molecule has 0 saturated carbocycles. The molecule has 2 N–H and O–H groups in total. The number of benzene rings is 2. The summed E-state index contributed by atoms with van der Waals surface area (Å²) in [7, 11) is 0. The van der Waals surface area contributed by atoms with Crippen molar-refractivity contribution in [2.45, 2.75) is 0 Å². The molecule has 0 atom stereocenters. The maximum absolute atomic E-state index is 12.6. The van der Waals surface area contributed by atoms with Crippen LogP contribution in [0.1, 0.15) is 20.8 Å². The first kappa shape index (κ1) is 18.1. The van der Waals surface area contributed by atoms with Gasteiger partial charge in [0.15, 0.2) is 11.5 Å². The molecular weight excluding hydrogens is 368 g/mol. The number of rotatable bonds is 5. The molecule has 0 unspecified atom stereocenters. The maximum Gasteiger partial charge on any atom is 0.277 e. The molecule has 4 aromatic rings. The summed E-state index contributed by atoms with van der Waals surface area (Å²) in [6, 6.07) is 20.9. The Balaban J connectivity index is 1.51. The lowest BCUT2D eigenvalue weighted by Crippen LogP contribution is -2.16. The Bertz CT molecular complexity index is 1140. The van der Waals surface area contributed by atoms with Crippen LogP contribution in [0.5, 0.6) is 0 Å². The lowest BCUT2D eigenvalue weighted by Gasteiger charge is -2.11. The van der Waals surface area contributed by atoms with E-state index in [0.717, 1.165) is 5.56 Å². The van der Waals surface area contributed by atoms with Gasteiger partial charge >= 0.3 is 0 Å². The van der Waals surface area contributed by atoms with Crippen molar-refractivity contribution in [3.63, 3.8) is 0 Å². The lowest BCUT2D eigenvalue weighted by molar-refractivity contribution is 0.101. The van der Waals surface area contributed by atoms with Crippen molar-refractivity contribution in [3.8, 4) is 11.3 Å². The predicted molar refractivity (Wildman–Crippen MR) is 109 cm³/mol. The molecule has 7 heteroatoms. The molecular formula is C22H16N4O3. The topological polar surface area (TPSA) is 97.1 Å². The summed E-state index contributed by atoms with van der Waals surface area (Å²) in [6.45, 7) is 0. The van der Waals surface area contributed by atoms with Gasteiger partial charge in [0.2, 0.25) is 0 Å². The molecule has 0 spiro atoms. The minimum absolute atomic E-state index is 0.119. The summed E-state index contributed by atoms with van der Waals surface area (Å²) < 4.78 is 5.24. The highest BCUT2D eigenvalue weighted by molar-refractivity contribution is 6.09. The van der Waals surface area contributed by atoms with E-state index in [-0.39, 0.29) is 11.6 Å². The average Bonchev–Trinajstić information content (AvgIpc) is 3.27. The monoisotopic (exact) mass is 384 g/mol. The van der Waals surface area contributed by atoms with E-state index in [1.807, 2.05) is 12.1 Å². The van der Waals surface area contributed by atoms with Crippen molar-refractivity contribution in [1.82, 2.24) is 10.1 Å². The molecule has 2 aromatic carbocycles. The first-order valence-electron chi connectivity index (χ1n) is 8.84. The van der Waals surface area contributed by atoms with Crippen LogP contribution in [0, 0.1) is 0 Å². The van der Waals surface area contributed by atoms with Gasteiger partial charge in [-0.15, -0.1) is 0 Å². The van der Waals surface area contributed by atoms with Crippen molar-refractivity contribution in [2.24, 2.45) is 0 Å². The Kier molecular flexibility index (Phi) is 5.11. The van der Waals surface area contributed by atoms with Crippen LogP contribution in [0.4, 0.5) is 11.4 Å². The van der Waals surface area contributed by atoms with Gasteiger partial charge in [-0.25, -0.2) is 0 Å². The molecule has 0 bridgehead atoms. The molecule has 0 saturated heterocycles. The summed E-state index contributed by atoms with van der Waals surface area (Å²) in [5.74, 6) is -0.285. The second-order valence-corrected chi connectivity index (χ2v) is 6.14. The average molecular weight is 384 g/mol.